The van der Waals surface area contributed by atoms with Crippen molar-refractivity contribution in [2.45, 2.75) is 6.54 Å². The van der Waals surface area contributed by atoms with Crippen molar-refractivity contribution in [1.29, 1.82) is 0 Å². The maximum Gasteiger partial charge on any atom is 0.255 e. The van der Waals surface area contributed by atoms with Gasteiger partial charge in [0.15, 0.2) is 5.75 Å². The van der Waals surface area contributed by atoms with Crippen LogP contribution in [-0.4, -0.2) is 28.9 Å². The Kier molecular flexibility index (Phi) is 8.26. The molecule has 0 radical (unpaired) electrons. The van der Waals surface area contributed by atoms with Crippen molar-refractivity contribution in [3.63, 3.8) is 0 Å². The van der Waals surface area contributed by atoms with Crippen LogP contribution in [0.1, 0.15) is 15.9 Å². The third-order valence-corrected chi connectivity index (χ3v) is 5.71. The summed E-state index contributed by atoms with van der Waals surface area (Å²) in [4.78, 5) is 18.8. The molecule has 0 aliphatic carbocycles. The largest absolute Gasteiger partial charge is 0.489 e. The molecule has 30 heavy (non-hydrogen) atoms. The van der Waals surface area contributed by atoms with Gasteiger partial charge in [-0.25, -0.2) is 0 Å². The number of benzene rings is 2. The van der Waals surface area contributed by atoms with Crippen molar-refractivity contribution < 1.29 is 9.53 Å². The van der Waals surface area contributed by atoms with E-state index in [9.17, 15) is 4.79 Å². The fourth-order valence-corrected chi connectivity index (χ4v) is 4.21. The normalized spacial score (nSPS) is 10.7. The van der Waals surface area contributed by atoms with Crippen LogP contribution >= 0.6 is 62.3 Å². The van der Waals surface area contributed by atoms with Gasteiger partial charge in [0.05, 0.1) is 22.2 Å². The molecule has 0 unspecified atom stereocenters. The predicted octanol–water partition coefficient (Wildman–Crippen LogP) is 7.18. The molecule has 3 rings (SSSR count). The minimum Gasteiger partial charge on any atom is -0.489 e. The topological polar surface area (TPSA) is 42.4 Å². The first-order valence-electron chi connectivity index (χ1n) is 8.75. The molecule has 4 nitrogen and oxygen atoms in total. The van der Waals surface area contributed by atoms with E-state index in [1.54, 1.807) is 35.4 Å². The molecule has 0 spiro atoms. The van der Waals surface area contributed by atoms with Crippen LogP contribution in [0.25, 0.3) is 0 Å². The number of hydrogen-bond donors (Lipinski definition) is 0. The van der Waals surface area contributed by atoms with Crippen molar-refractivity contribution in [2.24, 2.45) is 0 Å². The highest BCUT2D eigenvalue weighted by Gasteiger charge is 2.19. The second kappa shape index (κ2) is 10.7. The lowest BCUT2D eigenvalue weighted by atomic mass is 10.2. The van der Waals surface area contributed by atoms with E-state index in [1.165, 1.54) is 6.20 Å². The second-order valence-electron chi connectivity index (χ2n) is 6.26. The zero-order chi connectivity index (χ0) is 21.7. The summed E-state index contributed by atoms with van der Waals surface area (Å²) >= 11 is 27.9. The first-order chi connectivity index (χ1) is 14.3. The Morgan fingerprint density at radius 2 is 1.70 bits per heavy atom. The summed E-state index contributed by atoms with van der Waals surface area (Å²) in [6, 6.07) is 12.2. The standard InChI is InChI=1S/C21H15BrCl4N2O2/c22-15-7-14(10-27-11-15)21(29)28(12-13-3-1-2-4-17(13)24)5-6-30-20-18(25)8-16(23)9-19(20)26/h1-4,7-11H,5-6,12H2. The number of halogens is 5. The van der Waals surface area contributed by atoms with E-state index < -0.39 is 0 Å². The fourth-order valence-electron chi connectivity index (χ4n) is 2.72. The number of rotatable bonds is 7. The van der Waals surface area contributed by atoms with E-state index in [4.69, 9.17) is 51.1 Å². The Morgan fingerprint density at radius 1 is 1.00 bits per heavy atom. The molecule has 2 aromatic carbocycles. The summed E-state index contributed by atoms with van der Waals surface area (Å²) in [5.41, 5.74) is 1.26. The van der Waals surface area contributed by atoms with Gasteiger partial charge in [0.2, 0.25) is 0 Å². The SMILES string of the molecule is O=C(c1cncc(Br)c1)N(CCOc1c(Cl)cc(Cl)cc1Cl)Cc1ccccc1Cl. The van der Waals surface area contributed by atoms with E-state index in [0.29, 0.717) is 42.4 Å². The Balaban J connectivity index is 1.79. The van der Waals surface area contributed by atoms with Gasteiger partial charge in [-0.05, 0) is 45.8 Å². The molecule has 1 amide bonds. The average Bonchev–Trinajstić information content (AvgIpc) is 2.70. The molecule has 0 atom stereocenters. The molecular weight excluding hydrogens is 534 g/mol. The molecule has 156 valence electrons. The van der Waals surface area contributed by atoms with Gasteiger partial charge in [0.1, 0.15) is 6.61 Å². The van der Waals surface area contributed by atoms with Gasteiger partial charge in [-0.15, -0.1) is 0 Å². The summed E-state index contributed by atoms with van der Waals surface area (Å²) in [7, 11) is 0. The highest BCUT2D eigenvalue weighted by atomic mass is 79.9. The molecule has 0 saturated heterocycles. The summed E-state index contributed by atoms with van der Waals surface area (Å²) in [6.45, 7) is 0.737. The van der Waals surface area contributed by atoms with Gasteiger partial charge in [-0.3, -0.25) is 9.78 Å². The van der Waals surface area contributed by atoms with E-state index >= 15 is 0 Å². The smallest absolute Gasteiger partial charge is 0.255 e. The summed E-state index contributed by atoms with van der Waals surface area (Å²) in [5, 5.41) is 1.59. The van der Waals surface area contributed by atoms with Gasteiger partial charge in [-0.1, -0.05) is 64.6 Å². The minimum atomic E-state index is -0.208. The second-order valence-corrected chi connectivity index (χ2v) is 8.83. The first-order valence-corrected chi connectivity index (χ1v) is 11.1. The lowest BCUT2D eigenvalue weighted by Gasteiger charge is -2.24. The zero-order valence-electron chi connectivity index (χ0n) is 15.4. The van der Waals surface area contributed by atoms with Crippen LogP contribution in [0, 0.1) is 0 Å². The van der Waals surface area contributed by atoms with E-state index in [-0.39, 0.29) is 19.1 Å². The highest BCUT2D eigenvalue weighted by molar-refractivity contribution is 9.10. The number of ether oxygens (including phenoxy) is 1. The maximum atomic E-state index is 13.1. The van der Waals surface area contributed by atoms with Crippen LogP contribution in [0.3, 0.4) is 0 Å². The Hall–Kier alpha value is -1.50. The molecule has 1 heterocycles. The van der Waals surface area contributed by atoms with Gasteiger partial charge in [0.25, 0.3) is 5.91 Å². The van der Waals surface area contributed by atoms with Crippen LogP contribution in [-0.2, 0) is 6.54 Å². The van der Waals surface area contributed by atoms with Crippen molar-refractivity contribution in [3.05, 3.63) is 90.5 Å². The van der Waals surface area contributed by atoms with E-state index in [2.05, 4.69) is 20.9 Å². The van der Waals surface area contributed by atoms with Crippen molar-refractivity contribution >= 4 is 68.2 Å². The Bertz CT molecular complexity index is 1040. The molecule has 0 saturated carbocycles. The quantitative estimate of drug-likeness (QED) is 0.314. The third-order valence-electron chi connectivity index (χ3n) is 4.13. The number of carbonyl (C=O) groups is 1. The van der Waals surface area contributed by atoms with Crippen LogP contribution in [0.15, 0.2) is 59.3 Å². The number of carbonyl (C=O) groups excluding carboxylic acids is 1. The van der Waals surface area contributed by atoms with E-state index in [1.807, 2.05) is 18.2 Å². The molecule has 0 aliphatic heterocycles. The van der Waals surface area contributed by atoms with Crippen molar-refractivity contribution in [2.75, 3.05) is 13.2 Å². The number of hydrogen-bond acceptors (Lipinski definition) is 3. The Labute approximate surface area is 202 Å². The fraction of sp³-hybridized carbons (Fsp3) is 0.143. The first kappa shape index (κ1) is 23.2. The summed E-state index contributed by atoms with van der Waals surface area (Å²) in [5.74, 6) is 0.109. The average molecular weight is 549 g/mol. The van der Waals surface area contributed by atoms with Crippen LogP contribution < -0.4 is 4.74 Å². The van der Waals surface area contributed by atoms with Gasteiger partial charge in [0, 0.05) is 33.5 Å². The lowest BCUT2D eigenvalue weighted by molar-refractivity contribution is 0.0716. The molecule has 0 fully saturated rings. The maximum absolute atomic E-state index is 13.1. The summed E-state index contributed by atoms with van der Waals surface area (Å²) in [6.07, 6.45) is 3.13. The van der Waals surface area contributed by atoms with E-state index in [0.717, 1.165) is 5.56 Å². The monoisotopic (exact) mass is 546 g/mol. The Morgan fingerprint density at radius 3 is 2.37 bits per heavy atom. The minimum absolute atomic E-state index is 0.165. The molecular formula is C21H15BrCl4N2O2. The number of nitrogens with zero attached hydrogens (tertiary/aromatic N) is 2. The zero-order valence-corrected chi connectivity index (χ0v) is 20.0. The van der Waals surface area contributed by atoms with Gasteiger partial charge in [-0.2, -0.15) is 0 Å². The van der Waals surface area contributed by atoms with Gasteiger partial charge < -0.3 is 9.64 Å². The number of pyridine rings is 1. The van der Waals surface area contributed by atoms with Crippen LogP contribution in [0.5, 0.6) is 5.75 Å². The molecule has 3 aromatic rings. The van der Waals surface area contributed by atoms with Crippen LogP contribution in [0.2, 0.25) is 20.1 Å². The van der Waals surface area contributed by atoms with Gasteiger partial charge >= 0.3 is 0 Å². The number of aromatic nitrogens is 1. The molecule has 0 aliphatic rings. The van der Waals surface area contributed by atoms with Crippen LogP contribution in [0.4, 0.5) is 0 Å². The van der Waals surface area contributed by atoms with Crippen molar-refractivity contribution in [1.82, 2.24) is 9.88 Å². The van der Waals surface area contributed by atoms with Crippen molar-refractivity contribution in [3.8, 4) is 5.75 Å². The lowest BCUT2D eigenvalue weighted by Crippen LogP contribution is -2.34. The predicted molar refractivity (Wildman–Crippen MR) is 125 cm³/mol. The number of amides is 1. The molecule has 1 aromatic heterocycles. The molecule has 0 N–H and O–H groups in total. The molecule has 0 bridgehead atoms. The third kappa shape index (κ3) is 6.02. The highest BCUT2D eigenvalue weighted by Crippen LogP contribution is 2.35. The summed E-state index contributed by atoms with van der Waals surface area (Å²) < 4.78 is 6.47. The molecule has 9 heteroatoms.